The van der Waals surface area contributed by atoms with Crippen molar-refractivity contribution in [2.45, 2.75) is 6.92 Å². The minimum atomic E-state index is -0.481. The summed E-state index contributed by atoms with van der Waals surface area (Å²) in [5, 5.41) is 2.80. The van der Waals surface area contributed by atoms with E-state index in [1.807, 2.05) is 25.1 Å². The van der Waals surface area contributed by atoms with Crippen molar-refractivity contribution >= 4 is 34.9 Å². The molecular formula is C17H13ClFN3O. The second-order valence-corrected chi connectivity index (χ2v) is 5.38. The molecule has 0 atom stereocenters. The van der Waals surface area contributed by atoms with Gasteiger partial charge in [0.15, 0.2) is 5.15 Å². The zero-order chi connectivity index (χ0) is 16.4. The molecule has 2 heterocycles. The van der Waals surface area contributed by atoms with Crippen molar-refractivity contribution in [3.8, 4) is 0 Å². The van der Waals surface area contributed by atoms with Crippen LogP contribution in [0.4, 0.5) is 10.1 Å². The molecule has 0 saturated carbocycles. The smallest absolute Gasteiger partial charge is 0.248 e. The predicted molar refractivity (Wildman–Crippen MR) is 89.0 cm³/mol. The summed E-state index contributed by atoms with van der Waals surface area (Å²) in [6.07, 6.45) is 4.64. The summed E-state index contributed by atoms with van der Waals surface area (Å²) in [6, 6.07) is 10.0. The molecule has 1 aromatic carbocycles. The number of imidazole rings is 1. The summed E-state index contributed by atoms with van der Waals surface area (Å²) in [6.45, 7) is 1.82. The van der Waals surface area contributed by atoms with Crippen LogP contribution in [0.15, 0.2) is 48.7 Å². The number of aryl methyl sites for hydroxylation is 1. The normalized spacial score (nSPS) is 11.3. The van der Waals surface area contributed by atoms with E-state index < -0.39 is 11.7 Å². The Morgan fingerprint density at radius 2 is 2.17 bits per heavy atom. The molecule has 23 heavy (non-hydrogen) atoms. The van der Waals surface area contributed by atoms with Crippen LogP contribution in [-0.2, 0) is 4.79 Å². The average molecular weight is 330 g/mol. The summed E-state index contributed by atoms with van der Waals surface area (Å²) < 4.78 is 15.4. The highest BCUT2D eigenvalue weighted by atomic mass is 35.5. The summed E-state index contributed by atoms with van der Waals surface area (Å²) in [5.41, 5.74) is 2.27. The molecule has 1 N–H and O–H groups in total. The predicted octanol–water partition coefficient (Wildman–Crippen LogP) is 4.09. The number of rotatable bonds is 3. The lowest BCUT2D eigenvalue weighted by atomic mass is 10.2. The van der Waals surface area contributed by atoms with Gasteiger partial charge in [0.2, 0.25) is 5.91 Å². The van der Waals surface area contributed by atoms with E-state index in [1.54, 1.807) is 28.8 Å². The Balaban J connectivity index is 1.83. The summed E-state index contributed by atoms with van der Waals surface area (Å²) >= 11 is 6.08. The number of carbonyl (C=O) groups excluding carboxylic acids is 1. The zero-order valence-electron chi connectivity index (χ0n) is 12.3. The van der Waals surface area contributed by atoms with E-state index >= 15 is 0 Å². The summed E-state index contributed by atoms with van der Waals surface area (Å²) in [4.78, 5) is 16.2. The van der Waals surface area contributed by atoms with Gasteiger partial charge < -0.3 is 5.32 Å². The van der Waals surface area contributed by atoms with E-state index in [-0.39, 0.29) is 5.69 Å². The fourth-order valence-electron chi connectivity index (χ4n) is 2.20. The van der Waals surface area contributed by atoms with Gasteiger partial charge in [-0.2, -0.15) is 0 Å². The molecule has 4 nitrogen and oxygen atoms in total. The van der Waals surface area contributed by atoms with Gasteiger partial charge in [-0.15, -0.1) is 0 Å². The highest BCUT2D eigenvalue weighted by molar-refractivity contribution is 6.31. The Morgan fingerprint density at radius 3 is 3.00 bits per heavy atom. The zero-order valence-corrected chi connectivity index (χ0v) is 13.0. The minimum Gasteiger partial charge on any atom is -0.320 e. The topological polar surface area (TPSA) is 46.4 Å². The van der Waals surface area contributed by atoms with Crippen LogP contribution in [0.25, 0.3) is 11.7 Å². The van der Waals surface area contributed by atoms with E-state index in [0.717, 1.165) is 5.56 Å². The molecule has 1 amide bonds. The number of benzene rings is 1. The van der Waals surface area contributed by atoms with Gasteiger partial charge in [-0.05, 0) is 42.8 Å². The summed E-state index contributed by atoms with van der Waals surface area (Å²) in [7, 11) is 0. The van der Waals surface area contributed by atoms with Gasteiger partial charge in [-0.25, -0.2) is 9.37 Å². The molecule has 0 saturated heterocycles. The van der Waals surface area contributed by atoms with Crippen molar-refractivity contribution in [3.05, 3.63) is 70.9 Å². The molecular weight excluding hydrogens is 317 g/mol. The number of pyridine rings is 1. The lowest BCUT2D eigenvalue weighted by Gasteiger charge is -2.04. The Kier molecular flexibility index (Phi) is 4.12. The first-order valence-electron chi connectivity index (χ1n) is 6.92. The lowest BCUT2D eigenvalue weighted by Crippen LogP contribution is -2.09. The van der Waals surface area contributed by atoms with E-state index in [0.29, 0.717) is 16.5 Å². The molecule has 3 aromatic rings. The number of carbonyl (C=O) groups is 1. The Bertz CT molecular complexity index is 917. The molecule has 0 radical (unpaired) electrons. The SMILES string of the molecule is Cc1ccc(F)c(NC(=O)/C=C/c2c(Cl)nc3ccccn23)c1. The van der Waals surface area contributed by atoms with Crippen molar-refractivity contribution < 1.29 is 9.18 Å². The molecule has 3 rings (SSSR count). The maximum absolute atomic E-state index is 13.6. The van der Waals surface area contributed by atoms with Gasteiger partial charge in [0.25, 0.3) is 0 Å². The fourth-order valence-corrected chi connectivity index (χ4v) is 2.44. The van der Waals surface area contributed by atoms with Crippen molar-refractivity contribution in [1.82, 2.24) is 9.38 Å². The van der Waals surface area contributed by atoms with Crippen molar-refractivity contribution in [2.24, 2.45) is 0 Å². The highest BCUT2D eigenvalue weighted by Crippen LogP contribution is 2.19. The van der Waals surface area contributed by atoms with Crippen LogP contribution in [0.1, 0.15) is 11.3 Å². The van der Waals surface area contributed by atoms with Crippen LogP contribution in [0, 0.1) is 12.7 Å². The van der Waals surface area contributed by atoms with Crippen molar-refractivity contribution in [1.29, 1.82) is 0 Å². The molecule has 0 unspecified atom stereocenters. The third-order valence-corrected chi connectivity index (χ3v) is 3.57. The minimum absolute atomic E-state index is 0.142. The number of hydrogen-bond donors (Lipinski definition) is 1. The van der Waals surface area contributed by atoms with Crippen LogP contribution in [0.5, 0.6) is 0 Å². The Hall–Kier alpha value is -2.66. The molecule has 0 fully saturated rings. The average Bonchev–Trinajstić information content (AvgIpc) is 2.84. The van der Waals surface area contributed by atoms with E-state index in [1.165, 1.54) is 12.1 Å². The molecule has 2 aromatic heterocycles. The Labute approximate surface area is 137 Å². The molecule has 0 aliphatic rings. The quantitative estimate of drug-likeness (QED) is 0.736. The largest absolute Gasteiger partial charge is 0.320 e. The third kappa shape index (κ3) is 3.24. The number of halogens is 2. The first-order valence-corrected chi connectivity index (χ1v) is 7.30. The maximum Gasteiger partial charge on any atom is 0.248 e. The molecule has 6 heteroatoms. The van der Waals surface area contributed by atoms with Crippen LogP contribution in [0.3, 0.4) is 0 Å². The monoisotopic (exact) mass is 329 g/mol. The van der Waals surface area contributed by atoms with Crippen molar-refractivity contribution in [2.75, 3.05) is 5.32 Å². The number of anilines is 1. The molecule has 0 aliphatic heterocycles. The first kappa shape index (κ1) is 15.2. The summed E-state index contributed by atoms with van der Waals surface area (Å²) in [5.74, 6) is -0.929. The van der Waals surface area contributed by atoms with E-state index in [2.05, 4.69) is 10.3 Å². The van der Waals surface area contributed by atoms with Gasteiger partial charge >= 0.3 is 0 Å². The third-order valence-electron chi connectivity index (χ3n) is 3.29. The molecule has 0 bridgehead atoms. The number of amides is 1. The van der Waals surface area contributed by atoms with Crippen molar-refractivity contribution in [3.63, 3.8) is 0 Å². The number of hydrogen-bond acceptors (Lipinski definition) is 2. The van der Waals surface area contributed by atoms with Crippen LogP contribution in [0.2, 0.25) is 5.15 Å². The molecule has 116 valence electrons. The number of nitrogens with zero attached hydrogens (tertiary/aromatic N) is 2. The number of aromatic nitrogens is 2. The highest BCUT2D eigenvalue weighted by Gasteiger charge is 2.08. The van der Waals surface area contributed by atoms with Crippen LogP contribution >= 0.6 is 11.6 Å². The van der Waals surface area contributed by atoms with Crippen LogP contribution < -0.4 is 5.32 Å². The lowest BCUT2D eigenvalue weighted by molar-refractivity contribution is -0.111. The van der Waals surface area contributed by atoms with Gasteiger partial charge in [0.1, 0.15) is 11.5 Å². The van der Waals surface area contributed by atoms with E-state index in [4.69, 9.17) is 11.6 Å². The van der Waals surface area contributed by atoms with E-state index in [9.17, 15) is 9.18 Å². The van der Waals surface area contributed by atoms with Gasteiger partial charge in [-0.1, -0.05) is 23.7 Å². The standard InChI is InChI=1S/C17H13ClFN3O/c1-11-5-6-12(19)13(10-11)20-16(23)8-7-14-17(18)21-15-4-2-3-9-22(14)15/h2-10H,1H3,(H,20,23)/b8-7+. The van der Waals surface area contributed by atoms with Gasteiger partial charge in [0.05, 0.1) is 11.4 Å². The second-order valence-electron chi connectivity index (χ2n) is 5.02. The maximum atomic E-state index is 13.6. The van der Waals surface area contributed by atoms with Crippen LogP contribution in [-0.4, -0.2) is 15.3 Å². The number of nitrogens with one attached hydrogen (secondary N) is 1. The molecule has 0 spiro atoms. The Morgan fingerprint density at radius 1 is 1.35 bits per heavy atom. The fraction of sp³-hybridized carbons (Fsp3) is 0.0588. The second kappa shape index (κ2) is 6.22. The van der Waals surface area contributed by atoms with Gasteiger partial charge in [-0.3, -0.25) is 9.20 Å². The number of fused-ring (bicyclic) bond motifs is 1. The molecule has 0 aliphatic carbocycles. The van der Waals surface area contributed by atoms with Gasteiger partial charge in [0, 0.05) is 12.3 Å². The first-order chi connectivity index (χ1) is 11.0.